The van der Waals surface area contributed by atoms with Crippen molar-refractivity contribution in [1.29, 1.82) is 0 Å². The number of nitrogens with two attached hydrogens (primary N) is 1. The first kappa shape index (κ1) is 6.47. The second kappa shape index (κ2) is 1.94. The van der Waals surface area contributed by atoms with Crippen LogP contribution in [-0.4, -0.2) is 17.7 Å². The standard InChI is InChI=1S/C5H3N2O3/c6-4(9)2-1-3(8)7-5(2)10/h1H,(H2,6,9). The molecule has 0 aliphatic carbocycles. The molecule has 0 unspecified atom stereocenters. The second-order valence-corrected chi connectivity index (χ2v) is 1.68. The number of carbonyl (C=O) groups is 3. The fourth-order valence-electron chi connectivity index (χ4n) is 0.554. The topological polar surface area (TPSA) is 91.3 Å². The molecule has 3 amide bonds. The molecule has 0 fully saturated rings. The summed E-state index contributed by atoms with van der Waals surface area (Å²) in [6, 6.07) is 0. The van der Waals surface area contributed by atoms with Crippen molar-refractivity contribution in [3.05, 3.63) is 11.6 Å². The van der Waals surface area contributed by atoms with Crippen molar-refractivity contribution in [3.63, 3.8) is 0 Å². The number of hydrogen-bond donors (Lipinski definition) is 1. The van der Waals surface area contributed by atoms with E-state index in [2.05, 4.69) is 5.32 Å². The maximum Gasteiger partial charge on any atom is 0.286 e. The summed E-state index contributed by atoms with van der Waals surface area (Å²) in [4.78, 5) is 31.0. The van der Waals surface area contributed by atoms with Crippen LogP contribution in [0, 0.1) is 0 Å². The summed E-state index contributed by atoms with van der Waals surface area (Å²) < 4.78 is 0. The first-order chi connectivity index (χ1) is 4.61. The third-order valence-corrected chi connectivity index (χ3v) is 0.975. The first-order valence-electron chi connectivity index (χ1n) is 2.43. The largest absolute Gasteiger partial charge is 0.365 e. The zero-order valence-corrected chi connectivity index (χ0v) is 4.83. The highest BCUT2D eigenvalue weighted by atomic mass is 16.2. The second-order valence-electron chi connectivity index (χ2n) is 1.68. The smallest absolute Gasteiger partial charge is 0.286 e. The van der Waals surface area contributed by atoms with Gasteiger partial charge in [-0.1, -0.05) is 0 Å². The summed E-state index contributed by atoms with van der Waals surface area (Å²) in [5, 5.41) is 2.92. The van der Waals surface area contributed by atoms with Gasteiger partial charge in [0.25, 0.3) is 17.7 Å². The first-order valence-corrected chi connectivity index (χ1v) is 2.43. The van der Waals surface area contributed by atoms with Crippen molar-refractivity contribution in [2.24, 2.45) is 5.73 Å². The minimum Gasteiger partial charge on any atom is -0.365 e. The van der Waals surface area contributed by atoms with Gasteiger partial charge in [-0.2, -0.15) is 5.32 Å². The number of rotatable bonds is 1. The molecule has 1 heterocycles. The van der Waals surface area contributed by atoms with E-state index < -0.39 is 17.7 Å². The van der Waals surface area contributed by atoms with E-state index in [4.69, 9.17) is 5.73 Å². The van der Waals surface area contributed by atoms with E-state index in [1.54, 1.807) is 0 Å². The molecule has 5 nitrogen and oxygen atoms in total. The van der Waals surface area contributed by atoms with Crippen LogP contribution in [0.5, 0.6) is 0 Å². The van der Waals surface area contributed by atoms with Crippen molar-refractivity contribution >= 4 is 17.7 Å². The molecule has 0 bridgehead atoms. The van der Waals surface area contributed by atoms with Crippen LogP contribution in [0.3, 0.4) is 0 Å². The summed E-state index contributed by atoms with van der Waals surface area (Å²) >= 11 is 0. The molecule has 0 atom stereocenters. The highest BCUT2D eigenvalue weighted by molar-refractivity contribution is 6.29. The van der Waals surface area contributed by atoms with Gasteiger partial charge < -0.3 is 5.73 Å². The fourth-order valence-corrected chi connectivity index (χ4v) is 0.554. The number of primary amides is 1. The number of hydrogen-bond acceptors (Lipinski definition) is 3. The van der Waals surface area contributed by atoms with Gasteiger partial charge in [-0.25, -0.2) is 0 Å². The Balaban J connectivity index is 2.96. The van der Waals surface area contributed by atoms with E-state index in [-0.39, 0.29) is 5.57 Å². The highest BCUT2D eigenvalue weighted by Crippen LogP contribution is 2.01. The SMILES string of the molecule is NC(=O)C1=CC(=O)[N]C1=O. The average Bonchev–Trinajstić information content (AvgIpc) is 2.10. The maximum absolute atomic E-state index is 10.5. The van der Waals surface area contributed by atoms with Gasteiger partial charge in [0, 0.05) is 6.08 Å². The van der Waals surface area contributed by atoms with Crippen LogP contribution in [-0.2, 0) is 14.4 Å². The summed E-state index contributed by atoms with van der Waals surface area (Å²) in [6.07, 6.45) is 0.824. The maximum atomic E-state index is 10.5. The van der Waals surface area contributed by atoms with Crippen molar-refractivity contribution in [1.82, 2.24) is 5.32 Å². The predicted molar refractivity (Wildman–Crippen MR) is 29.4 cm³/mol. The summed E-state index contributed by atoms with van der Waals surface area (Å²) in [7, 11) is 0. The summed E-state index contributed by atoms with van der Waals surface area (Å²) in [6.45, 7) is 0. The average molecular weight is 139 g/mol. The Bertz CT molecular complexity index is 254. The van der Waals surface area contributed by atoms with Crippen molar-refractivity contribution in [2.45, 2.75) is 0 Å². The lowest BCUT2D eigenvalue weighted by molar-refractivity contribution is -0.125. The Morgan fingerprint density at radius 3 is 2.30 bits per heavy atom. The third kappa shape index (κ3) is 0.883. The molecule has 10 heavy (non-hydrogen) atoms. The Hall–Kier alpha value is -1.65. The van der Waals surface area contributed by atoms with E-state index >= 15 is 0 Å². The lowest BCUT2D eigenvalue weighted by Gasteiger charge is -1.86. The van der Waals surface area contributed by atoms with Crippen LogP contribution in [0.2, 0.25) is 0 Å². The van der Waals surface area contributed by atoms with Crippen LogP contribution >= 0.6 is 0 Å². The monoisotopic (exact) mass is 139 g/mol. The van der Waals surface area contributed by atoms with Crippen LogP contribution < -0.4 is 11.1 Å². The molecule has 1 aliphatic rings. The Morgan fingerprint density at radius 2 is 2.10 bits per heavy atom. The minimum atomic E-state index is -0.917. The van der Waals surface area contributed by atoms with Gasteiger partial charge in [-0.3, -0.25) is 14.4 Å². The number of nitrogens with zero attached hydrogens (tertiary/aromatic N) is 1. The minimum absolute atomic E-state index is 0.343. The molecular weight excluding hydrogens is 136 g/mol. The highest BCUT2D eigenvalue weighted by Gasteiger charge is 2.26. The van der Waals surface area contributed by atoms with E-state index in [1.165, 1.54) is 0 Å². The Kier molecular flexibility index (Phi) is 1.26. The molecule has 0 aromatic rings. The summed E-state index contributed by atoms with van der Waals surface area (Å²) in [5.41, 5.74) is 4.37. The van der Waals surface area contributed by atoms with E-state index in [0.717, 1.165) is 6.08 Å². The van der Waals surface area contributed by atoms with E-state index in [1.807, 2.05) is 0 Å². The molecule has 0 saturated heterocycles. The molecular formula is C5H3N2O3. The molecule has 2 N–H and O–H groups in total. The molecule has 0 saturated carbocycles. The third-order valence-electron chi connectivity index (χ3n) is 0.975. The van der Waals surface area contributed by atoms with Crippen molar-refractivity contribution < 1.29 is 14.4 Å². The fraction of sp³-hybridized carbons (Fsp3) is 0. The van der Waals surface area contributed by atoms with Gasteiger partial charge in [0.05, 0.1) is 0 Å². The lowest BCUT2D eigenvalue weighted by Crippen LogP contribution is -2.22. The normalized spacial score (nSPS) is 16.6. The van der Waals surface area contributed by atoms with Crippen LogP contribution in [0.1, 0.15) is 0 Å². The number of amides is 3. The molecule has 51 valence electrons. The van der Waals surface area contributed by atoms with Crippen molar-refractivity contribution in [3.8, 4) is 0 Å². The molecule has 1 radical (unpaired) electrons. The molecule has 1 rings (SSSR count). The zero-order valence-electron chi connectivity index (χ0n) is 4.83. The zero-order chi connectivity index (χ0) is 7.72. The van der Waals surface area contributed by atoms with Crippen LogP contribution in [0.15, 0.2) is 11.6 Å². The van der Waals surface area contributed by atoms with Gasteiger partial charge >= 0.3 is 0 Å². The van der Waals surface area contributed by atoms with Crippen LogP contribution in [0.25, 0.3) is 0 Å². The molecule has 1 aliphatic heterocycles. The Labute approximate surface area is 55.9 Å². The number of carbonyl (C=O) groups excluding carboxylic acids is 3. The summed E-state index contributed by atoms with van der Waals surface area (Å²) in [5.74, 6) is -2.49. The van der Waals surface area contributed by atoms with E-state index in [0.29, 0.717) is 0 Å². The number of imide groups is 1. The van der Waals surface area contributed by atoms with Gasteiger partial charge in [0.15, 0.2) is 0 Å². The molecule has 0 aromatic carbocycles. The quantitative estimate of drug-likeness (QED) is 0.338. The lowest BCUT2D eigenvalue weighted by atomic mass is 10.3. The van der Waals surface area contributed by atoms with Gasteiger partial charge in [-0.15, -0.1) is 0 Å². The van der Waals surface area contributed by atoms with Crippen LogP contribution in [0.4, 0.5) is 0 Å². The molecule has 0 aromatic heterocycles. The Morgan fingerprint density at radius 1 is 1.50 bits per heavy atom. The van der Waals surface area contributed by atoms with Gasteiger partial charge in [-0.05, 0) is 0 Å². The molecule has 5 heteroatoms. The predicted octanol–water partition coefficient (Wildman–Crippen LogP) is -1.93. The van der Waals surface area contributed by atoms with Crippen molar-refractivity contribution in [2.75, 3.05) is 0 Å². The van der Waals surface area contributed by atoms with E-state index in [9.17, 15) is 14.4 Å². The molecule has 0 spiro atoms. The van der Waals surface area contributed by atoms with Gasteiger partial charge in [0.1, 0.15) is 5.57 Å². The van der Waals surface area contributed by atoms with Gasteiger partial charge in [0.2, 0.25) is 0 Å².